The maximum atomic E-state index is 3.96. The van der Waals surface area contributed by atoms with Crippen LogP contribution in [0.1, 0.15) is 105 Å². The predicted molar refractivity (Wildman–Crippen MR) is 142 cm³/mol. The number of hydrogen-bond acceptors (Lipinski definition) is 0. The van der Waals surface area contributed by atoms with E-state index in [1.807, 2.05) is 0 Å². The molecule has 2 aromatic carbocycles. The predicted octanol–water partition coefficient (Wildman–Crippen LogP) is 10.1. The summed E-state index contributed by atoms with van der Waals surface area (Å²) in [4.78, 5) is 0. The van der Waals surface area contributed by atoms with E-state index in [-0.39, 0.29) is 21.7 Å². The Morgan fingerprint density at radius 1 is 0.400 bits per heavy atom. The molecule has 0 aliphatic carbocycles. The Balaban J connectivity index is 2.97. The summed E-state index contributed by atoms with van der Waals surface area (Å²) in [5.74, 6) is 0. The molecular weight excluding hydrogens is 496 g/mol. The zero-order valence-corrected chi connectivity index (χ0v) is 24.2. The van der Waals surface area contributed by atoms with Gasteiger partial charge in [0.05, 0.1) is 0 Å². The Morgan fingerprint density at radius 2 is 0.567 bits per heavy atom. The van der Waals surface area contributed by atoms with E-state index in [4.69, 9.17) is 0 Å². The van der Waals surface area contributed by atoms with Crippen LogP contribution in [-0.4, -0.2) is 0 Å². The average molecular weight is 536 g/mol. The van der Waals surface area contributed by atoms with Crippen LogP contribution in [-0.2, 0) is 21.7 Å². The standard InChI is InChI=1S/C28H40Br2/c1-25(2,3)19-13-17(14-20(23(19)29)26(4,5)6)18-15-21(27(7,8)9)24(30)22(16-18)28(10,11)12/h13-16H,1-12H3. The second kappa shape index (κ2) is 8.07. The lowest BCUT2D eigenvalue weighted by molar-refractivity contribution is 0.561. The maximum Gasteiger partial charge on any atom is 0.0250 e. The van der Waals surface area contributed by atoms with Gasteiger partial charge in [0.1, 0.15) is 0 Å². The summed E-state index contributed by atoms with van der Waals surface area (Å²) < 4.78 is 2.49. The van der Waals surface area contributed by atoms with Crippen molar-refractivity contribution in [1.82, 2.24) is 0 Å². The van der Waals surface area contributed by atoms with Crippen LogP contribution in [0.2, 0.25) is 0 Å². The molecule has 166 valence electrons. The van der Waals surface area contributed by atoms with Gasteiger partial charge in [-0.1, -0.05) is 115 Å². The molecule has 0 heterocycles. The summed E-state index contributed by atoms with van der Waals surface area (Å²) in [5.41, 5.74) is 8.30. The van der Waals surface area contributed by atoms with E-state index in [9.17, 15) is 0 Å². The van der Waals surface area contributed by atoms with E-state index in [0.29, 0.717) is 0 Å². The molecule has 0 nitrogen and oxygen atoms in total. The van der Waals surface area contributed by atoms with Crippen molar-refractivity contribution >= 4 is 31.9 Å². The molecule has 0 aliphatic heterocycles. The van der Waals surface area contributed by atoms with Crippen molar-refractivity contribution in [1.29, 1.82) is 0 Å². The van der Waals surface area contributed by atoms with E-state index in [0.717, 1.165) is 0 Å². The summed E-state index contributed by atoms with van der Waals surface area (Å²) >= 11 is 7.91. The Bertz CT molecular complexity index is 787. The maximum absolute atomic E-state index is 3.96. The van der Waals surface area contributed by atoms with Gasteiger partial charge < -0.3 is 0 Å². The van der Waals surface area contributed by atoms with Crippen molar-refractivity contribution in [2.75, 3.05) is 0 Å². The van der Waals surface area contributed by atoms with Gasteiger partial charge in [-0.05, 0) is 79.3 Å². The third kappa shape index (κ3) is 5.41. The molecule has 0 atom stereocenters. The van der Waals surface area contributed by atoms with Gasteiger partial charge in [0.15, 0.2) is 0 Å². The van der Waals surface area contributed by atoms with Crippen LogP contribution in [0.4, 0.5) is 0 Å². The van der Waals surface area contributed by atoms with E-state index >= 15 is 0 Å². The van der Waals surface area contributed by atoms with Gasteiger partial charge in [0, 0.05) is 8.95 Å². The third-order valence-electron chi connectivity index (χ3n) is 5.71. The van der Waals surface area contributed by atoms with Gasteiger partial charge >= 0.3 is 0 Å². The summed E-state index contributed by atoms with van der Waals surface area (Å²) in [6.07, 6.45) is 0. The summed E-state index contributed by atoms with van der Waals surface area (Å²) in [6, 6.07) is 9.56. The van der Waals surface area contributed by atoms with Crippen molar-refractivity contribution in [3.63, 3.8) is 0 Å². The summed E-state index contributed by atoms with van der Waals surface area (Å²) in [7, 11) is 0. The first-order valence-electron chi connectivity index (χ1n) is 10.9. The average Bonchev–Trinajstić information content (AvgIpc) is 2.50. The van der Waals surface area contributed by atoms with E-state index in [1.54, 1.807) is 0 Å². The Hall–Kier alpha value is -0.600. The minimum Gasteiger partial charge on any atom is -0.0560 e. The van der Waals surface area contributed by atoms with Crippen molar-refractivity contribution < 1.29 is 0 Å². The van der Waals surface area contributed by atoms with Crippen molar-refractivity contribution in [3.8, 4) is 11.1 Å². The quantitative estimate of drug-likeness (QED) is 0.340. The molecule has 30 heavy (non-hydrogen) atoms. The minimum absolute atomic E-state index is 0.0594. The molecule has 2 aromatic rings. The largest absolute Gasteiger partial charge is 0.0560 e. The van der Waals surface area contributed by atoms with Crippen LogP contribution in [0.15, 0.2) is 33.2 Å². The Morgan fingerprint density at radius 3 is 0.700 bits per heavy atom. The smallest absolute Gasteiger partial charge is 0.0250 e. The normalized spacial score (nSPS) is 13.7. The highest BCUT2D eigenvalue weighted by Gasteiger charge is 2.28. The Kier molecular flexibility index (Phi) is 6.90. The van der Waals surface area contributed by atoms with Crippen LogP contribution < -0.4 is 0 Å². The van der Waals surface area contributed by atoms with Crippen LogP contribution >= 0.6 is 31.9 Å². The molecule has 0 saturated heterocycles. The highest BCUT2D eigenvalue weighted by molar-refractivity contribution is 9.11. The lowest BCUT2D eigenvalue weighted by atomic mass is 9.76. The van der Waals surface area contributed by atoms with Gasteiger partial charge in [-0.15, -0.1) is 0 Å². The van der Waals surface area contributed by atoms with E-state index in [2.05, 4.69) is 139 Å². The van der Waals surface area contributed by atoms with Gasteiger partial charge in [0.2, 0.25) is 0 Å². The van der Waals surface area contributed by atoms with Crippen molar-refractivity contribution in [3.05, 3.63) is 55.5 Å². The second-order valence-corrected chi connectivity index (χ2v) is 14.4. The molecule has 2 rings (SSSR count). The highest BCUT2D eigenvalue weighted by atomic mass is 79.9. The monoisotopic (exact) mass is 534 g/mol. The first-order valence-corrected chi connectivity index (χ1v) is 12.5. The molecule has 0 unspecified atom stereocenters. The molecule has 0 radical (unpaired) electrons. The van der Waals surface area contributed by atoms with Crippen molar-refractivity contribution in [2.24, 2.45) is 0 Å². The van der Waals surface area contributed by atoms with Gasteiger partial charge in [0.25, 0.3) is 0 Å². The van der Waals surface area contributed by atoms with E-state index < -0.39 is 0 Å². The molecule has 0 aromatic heterocycles. The molecule has 2 heteroatoms. The topological polar surface area (TPSA) is 0 Å². The van der Waals surface area contributed by atoms with Crippen LogP contribution in [0, 0.1) is 0 Å². The minimum atomic E-state index is 0.0594. The van der Waals surface area contributed by atoms with Gasteiger partial charge in [-0.25, -0.2) is 0 Å². The molecule has 0 bridgehead atoms. The zero-order chi connectivity index (χ0) is 23.4. The third-order valence-corrected chi connectivity index (χ3v) is 7.42. The molecule has 0 spiro atoms. The zero-order valence-electron chi connectivity index (χ0n) is 21.1. The van der Waals surface area contributed by atoms with Gasteiger partial charge in [-0.2, -0.15) is 0 Å². The molecule has 0 fully saturated rings. The highest BCUT2D eigenvalue weighted by Crippen LogP contribution is 2.44. The second-order valence-electron chi connectivity index (χ2n) is 12.8. The fraction of sp³-hybridized carbons (Fsp3) is 0.571. The van der Waals surface area contributed by atoms with Gasteiger partial charge in [-0.3, -0.25) is 0 Å². The number of halogens is 2. The number of benzene rings is 2. The molecular formula is C28H40Br2. The first-order chi connectivity index (χ1) is 13.2. The molecule has 0 saturated carbocycles. The molecule has 0 amide bonds. The fourth-order valence-corrected chi connectivity index (χ4v) is 6.60. The Labute approximate surface area is 202 Å². The van der Waals surface area contributed by atoms with Crippen molar-refractivity contribution in [2.45, 2.75) is 105 Å². The molecule has 0 aliphatic rings. The van der Waals surface area contributed by atoms with Crippen LogP contribution in [0.3, 0.4) is 0 Å². The fourth-order valence-electron chi connectivity index (χ4n) is 3.77. The number of rotatable bonds is 1. The van der Waals surface area contributed by atoms with Crippen LogP contribution in [0.5, 0.6) is 0 Å². The summed E-state index contributed by atoms with van der Waals surface area (Å²) in [5, 5.41) is 0. The SMILES string of the molecule is CC(C)(C)c1cc(-c2cc(C(C)(C)C)c(Br)c(C(C)(C)C)c2)cc(C(C)(C)C)c1Br. The number of hydrogen-bond donors (Lipinski definition) is 0. The van der Waals surface area contributed by atoms with Crippen LogP contribution in [0.25, 0.3) is 11.1 Å². The van der Waals surface area contributed by atoms with E-state index in [1.165, 1.54) is 42.3 Å². The summed E-state index contributed by atoms with van der Waals surface area (Å²) in [6.45, 7) is 27.6. The first kappa shape index (κ1) is 25.7. The lowest BCUT2D eigenvalue weighted by Crippen LogP contribution is -2.19. The molecule has 0 N–H and O–H groups in total. The lowest BCUT2D eigenvalue weighted by Gasteiger charge is -2.31.